The molecule has 1 aliphatic rings. The van der Waals surface area contributed by atoms with Gasteiger partial charge in [0.25, 0.3) is 0 Å². The normalized spacial score (nSPS) is 19.6. The molecule has 1 fully saturated rings. The molecule has 1 atom stereocenters. The number of hydrogen-bond acceptors (Lipinski definition) is 3. The second kappa shape index (κ2) is 5.48. The van der Waals surface area contributed by atoms with Gasteiger partial charge >= 0.3 is 0 Å². The fourth-order valence-electron chi connectivity index (χ4n) is 2.66. The van der Waals surface area contributed by atoms with Crippen LogP contribution in [0.2, 0.25) is 0 Å². The summed E-state index contributed by atoms with van der Waals surface area (Å²) in [4.78, 5) is 15.3. The van der Waals surface area contributed by atoms with E-state index < -0.39 is 5.82 Å². The number of aldehydes is 1. The maximum absolute atomic E-state index is 13.6. The topological polar surface area (TPSA) is 23.6 Å². The number of hydrogen-bond donors (Lipinski definition) is 0. The second-order valence-electron chi connectivity index (χ2n) is 5.04. The molecule has 1 aromatic rings. The molecule has 0 amide bonds. The van der Waals surface area contributed by atoms with E-state index in [4.69, 9.17) is 0 Å². The lowest BCUT2D eigenvalue weighted by atomic mass is 10.1. The summed E-state index contributed by atoms with van der Waals surface area (Å²) in [5.41, 5.74) is 0.914. The summed E-state index contributed by atoms with van der Waals surface area (Å²) in [6, 6.07) is 5.20. The Kier molecular flexibility index (Phi) is 3.97. The van der Waals surface area contributed by atoms with Gasteiger partial charge in [-0.2, -0.15) is 0 Å². The lowest BCUT2D eigenvalue weighted by molar-refractivity contribution is 0.112. The Hall–Kier alpha value is -1.42. The molecule has 1 unspecified atom stereocenters. The van der Waals surface area contributed by atoms with Crippen molar-refractivity contribution in [1.29, 1.82) is 0 Å². The van der Waals surface area contributed by atoms with Crippen molar-refractivity contribution >= 4 is 12.0 Å². The lowest BCUT2D eigenvalue weighted by Gasteiger charge is -2.30. The average molecular weight is 250 g/mol. The predicted molar refractivity (Wildman–Crippen MR) is 70.7 cm³/mol. The predicted octanol–water partition coefficient (Wildman–Crippen LogP) is 2.17. The summed E-state index contributed by atoms with van der Waals surface area (Å²) < 4.78 is 13.6. The van der Waals surface area contributed by atoms with Gasteiger partial charge in [0.15, 0.2) is 6.29 Å². The molecule has 3 nitrogen and oxygen atoms in total. The number of rotatable bonds is 4. The van der Waals surface area contributed by atoms with Crippen LogP contribution in [0.15, 0.2) is 18.2 Å². The average Bonchev–Trinajstić information content (AvgIpc) is 2.75. The Balaban J connectivity index is 2.30. The third-order valence-electron chi connectivity index (χ3n) is 3.41. The van der Waals surface area contributed by atoms with Crippen molar-refractivity contribution in [3.8, 4) is 0 Å². The number of nitrogens with zero attached hydrogens (tertiary/aromatic N) is 2. The zero-order chi connectivity index (χ0) is 13.1. The number of carbonyl (C=O) groups is 1. The first kappa shape index (κ1) is 13.0. The largest absolute Gasteiger partial charge is 0.367 e. The molecule has 0 bridgehead atoms. The molecule has 18 heavy (non-hydrogen) atoms. The number of benzene rings is 1. The monoisotopic (exact) mass is 250 g/mol. The van der Waals surface area contributed by atoms with Gasteiger partial charge in [-0.1, -0.05) is 6.07 Å². The van der Waals surface area contributed by atoms with Gasteiger partial charge in [-0.15, -0.1) is 0 Å². The summed E-state index contributed by atoms with van der Waals surface area (Å²) in [5, 5.41) is 0. The van der Waals surface area contributed by atoms with E-state index in [1.54, 1.807) is 6.07 Å². The minimum Gasteiger partial charge on any atom is -0.367 e. The highest BCUT2D eigenvalue weighted by atomic mass is 19.1. The van der Waals surface area contributed by atoms with Crippen molar-refractivity contribution < 1.29 is 9.18 Å². The zero-order valence-electron chi connectivity index (χ0n) is 10.9. The van der Waals surface area contributed by atoms with E-state index in [-0.39, 0.29) is 5.56 Å². The highest BCUT2D eigenvalue weighted by Gasteiger charge is 2.27. The fourth-order valence-corrected chi connectivity index (χ4v) is 2.66. The standard InChI is InChI=1S/C14H19FN2O/c1-16(2)9-11-5-4-8-17(11)14-7-3-6-13(15)12(14)10-18/h3,6-7,10-11H,4-5,8-9H2,1-2H3. The SMILES string of the molecule is CN(C)CC1CCCN1c1cccc(F)c1C=O. The summed E-state index contributed by atoms with van der Waals surface area (Å²) in [5.74, 6) is -0.432. The Morgan fingerprint density at radius 1 is 1.50 bits per heavy atom. The first-order chi connectivity index (χ1) is 8.63. The molecule has 0 spiro atoms. The molecule has 1 aliphatic heterocycles. The van der Waals surface area contributed by atoms with E-state index in [0.717, 1.165) is 31.6 Å². The van der Waals surface area contributed by atoms with Crippen LogP contribution in [0.3, 0.4) is 0 Å². The maximum atomic E-state index is 13.6. The third-order valence-corrected chi connectivity index (χ3v) is 3.41. The van der Waals surface area contributed by atoms with Crippen molar-refractivity contribution in [1.82, 2.24) is 4.90 Å². The highest BCUT2D eigenvalue weighted by molar-refractivity contribution is 5.85. The molecule has 0 radical (unpaired) electrons. The first-order valence-electron chi connectivity index (χ1n) is 6.28. The van der Waals surface area contributed by atoms with Gasteiger partial charge in [0.1, 0.15) is 5.82 Å². The molecule has 98 valence electrons. The maximum Gasteiger partial charge on any atom is 0.155 e. The van der Waals surface area contributed by atoms with Gasteiger partial charge < -0.3 is 9.80 Å². The Morgan fingerprint density at radius 3 is 2.94 bits per heavy atom. The molecule has 4 heteroatoms. The zero-order valence-corrected chi connectivity index (χ0v) is 10.9. The Labute approximate surface area is 107 Å². The molecule has 1 aromatic carbocycles. The van der Waals surface area contributed by atoms with Gasteiger partial charge in [0, 0.05) is 19.1 Å². The minimum atomic E-state index is -0.432. The van der Waals surface area contributed by atoms with Crippen LogP contribution in [0.1, 0.15) is 23.2 Å². The Morgan fingerprint density at radius 2 is 2.28 bits per heavy atom. The second-order valence-corrected chi connectivity index (χ2v) is 5.04. The summed E-state index contributed by atoms with van der Waals surface area (Å²) >= 11 is 0. The van der Waals surface area contributed by atoms with Crippen LogP contribution in [0.5, 0.6) is 0 Å². The van der Waals surface area contributed by atoms with Gasteiger partial charge in [-0.25, -0.2) is 4.39 Å². The van der Waals surface area contributed by atoms with E-state index in [2.05, 4.69) is 9.80 Å². The van der Waals surface area contributed by atoms with E-state index in [1.807, 2.05) is 20.2 Å². The van der Waals surface area contributed by atoms with Crippen LogP contribution in [0.4, 0.5) is 10.1 Å². The van der Waals surface area contributed by atoms with Crippen LogP contribution in [-0.2, 0) is 0 Å². The van der Waals surface area contributed by atoms with Crippen LogP contribution in [-0.4, -0.2) is 44.4 Å². The molecule has 0 aliphatic carbocycles. The molecule has 0 aromatic heterocycles. The molecule has 0 N–H and O–H groups in total. The van der Waals surface area contributed by atoms with Crippen LogP contribution < -0.4 is 4.90 Å². The van der Waals surface area contributed by atoms with Crippen molar-refractivity contribution in [3.63, 3.8) is 0 Å². The molecule has 1 heterocycles. The van der Waals surface area contributed by atoms with Crippen molar-refractivity contribution in [2.24, 2.45) is 0 Å². The number of carbonyl (C=O) groups excluding carboxylic acids is 1. The van der Waals surface area contributed by atoms with Gasteiger partial charge in [0.2, 0.25) is 0 Å². The molecular weight excluding hydrogens is 231 g/mol. The quantitative estimate of drug-likeness (QED) is 0.765. The van der Waals surface area contributed by atoms with Gasteiger partial charge in [-0.05, 0) is 39.1 Å². The molecule has 0 saturated carbocycles. The molecule has 2 rings (SSSR count). The van der Waals surface area contributed by atoms with Crippen molar-refractivity contribution in [3.05, 3.63) is 29.6 Å². The van der Waals surface area contributed by atoms with E-state index in [1.165, 1.54) is 6.07 Å². The van der Waals surface area contributed by atoms with E-state index in [0.29, 0.717) is 12.3 Å². The van der Waals surface area contributed by atoms with Crippen molar-refractivity contribution in [2.75, 3.05) is 32.1 Å². The first-order valence-corrected chi connectivity index (χ1v) is 6.28. The number of halogens is 1. The fraction of sp³-hybridized carbons (Fsp3) is 0.500. The highest BCUT2D eigenvalue weighted by Crippen LogP contribution is 2.29. The smallest absolute Gasteiger partial charge is 0.155 e. The van der Waals surface area contributed by atoms with Crippen LogP contribution >= 0.6 is 0 Å². The molecule has 1 saturated heterocycles. The van der Waals surface area contributed by atoms with Crippen LogP contribution in [0, 0.1) is 5.82 Å². The number of anilines is 1. The summed E-state index contributed by atoms with van der Waals surface area (Å²) in [7, 11) is 4.06. The Bertz CT molecular complexity index is 434. The number of likely N-dealkylation sites (N-methyl/N-ethyl adjacent to an activating group) is 1. The summed E-state index contributed by atoms with van der Waals surface area (Å²) in [6.45, 7) is 1.82. The van der Waals surface area contributed by atoms with Gasteiger partial charge in [0.05, 0.1) is 11.3 Å². The van der Waals surface area contributed by atoms with Crippen LogP contribution in [0.25, 0.3) is 0 Å². The third kappa shape index (κ3) is 2.53. The van der Waals surface area contributed by atoms with Crippen molar-refractivity contribution in [2.45, 2.75) is 18.9 Å². The van der Waals surface area contributed by atoms with E-state index in [9.17, 15) is 9.18 Å². The lowest BCUT2D eigenvalue weighted by Crippen LogP contribution is -2.38. The molecular formula is C14H19FN2O. The van der Waals surface area contributed by atoms with E-state index >= 15 is 0 Å². The minimum absolute atomic E-state index is 0.183. The summed E-state index contributed by atoms with van der Waals surface area (Å²) in [6.07, 6.45) is 2.80. The van der Waals surface area contributed by atoms with Gasteiger partial charge in [-0.3, -0.25) is 4.79 Å².